The molecule has 11 heteroatoms. The van der Waals surface area contributed by atoms with Gasteiger partial charge in [-0.25, -0.2) is 13.2 Å². The molecule has 140 valence electrons. The maximum absolute atomic E-state index is 12.9. The molecule has 2 N–H and O–H groups in total. The number of methoxy groups -OCH3 is 1. The number of benzene rings is 2. The van der Waals surface area contributed by atoms with E-state index in [0.29, 0.717) is 22.4 Å². The summed E-state index contributed by atoms with van der Waals surface area (Å²) in [6.07, 6.45) is -4.84. The molecule has 0 heterocycles. The first-order valence-corrected chi connectivity index (χ1v) is 9.03. The van der Waals surface area contributed by atoms with Crippen molar-refractivity contribution in [1.82, 2.24) is 0 Å². The number of anilines is 1. The second-order valence-corrected chi connectivity index (χ2v) is 7.54. The molecular weight excluding hydrogens is 443 g/mol. The lowest BCUT2D eigenvalue weighted by Crippen LogP contribution is -2.15. The summed E-state index contributed by atoms with van der Waals surface area (Å²) >= 11 is 3.11. The van der Waals surface area contributed by atoms with Crippen LogP contribution in [0.5, 0.6) is 5.75 Å². The number of halogens is 4. The van der Waals surface area contributed by atoms with Gasteiger partial charge in [0.05, 0.1) is 33.3 Å². The Hall–Kier alpha value is -2.27. The largest absolute Gasteiger partial charge is 0.496 e. The van der Waals surface area contributed by atoms with Gasteiger partial charge in [-0.15, -0.1) is 0 Å². The lowest BCUT2D eigenvalue weighted by molar-refractivity contribution is -0.137. The summed E-state index contributed by atoms with van der Waals surface area (Å²) in [4.78, 5) is 10.8. The van der Waals surface area contributed by atoms with Gasteiger partial charge >= 0.3 is 12.1 Å². The quantitative estimate of drug-likeness (QED) is 0.714. The number of sulfonamides is 1. The molecule has 2 rings (SSSR count). The summed E-state index contributed by atoms with van der Waals surface area (Å²) in [6.45, 7) is 0. The SMILES string of the molecule is COc1ccc(S(=O)(=O)Nc2cc(C(=O)O)cc(C(F)(F)F)c2)cc1Br. The normalized spacial score (nSPS) is 11.9. The summed E-state index contributed by atoms with van der Waals surface area (Å²) in [6, 6.07) is 5.48. The van der Waals surface area contributed by atoms with Gasteiger partial charge in [0.15, 0.2) is 0 Å². The van der Waals surface area contributed by atoms with Gasteiger partial charge in [-0.05, 0) is 52.3 Å². The molecule has 0 aromatic heterocycles. The topological polar surface area (TPSA) is 92.7 Å². The number of rotatable bonds is 5. The molecule has 0 aliphatic heterocycles. The highest BCUT2D eigenvalue weighted by molar-refractivity contribution is 9.10. The molecule has 0 unspecified atom stereocenters. The van der Waals surface area contributed by atoms with Crippen LogP contribution in [0.15, 0.2) is 45.8 Å². The monoisotopic (exact) mass is 453 g/mol. The van der Waals surface area contributed by atoms with Gasteiger partial charge in [-0.3, -0.25) is 4.72 Å². The van der Waals surface area contributed by atoms with E-state index in [1.807, 2.05) is 4.72 Å². The second-order valence-electron chi connectivity index (χ2n) is 5.00. The highest BCUT2D eigenvalue weighted by Crippen LogP contribution is 2.33. The molecule has 0 spiro atoms. The van der Waals surface area contributed by atoms with Crippen LogP contribution < -0.4 is 9.46 Å². The smallest absolute Gasteiger partial charge is 0.416 e. The zero-order valence-electron chi connectivity index (χ0n) is 13.0. The standard InChI is InChI=1S/C15H11BrF3NO5S/c1-25-13-3-2-11(7-12(13)16)26(23,24)20-10-5-8(14(21)22)4-9(6-10)15(17,18)19/h2-7,20H,1H3,(H,21,22). The van der Waals surface area contributed by atoms with E-state index < -0.39 is 39.0 Å². The fraction of sp³-hybridized carbons (Fsp3) is 0.133. The van der Waals surface area contributed by atoms with E-state index >= 15 is 0 Å². The van der Waals surface area contributed by atoms with Crippen LogP contribution in [0.2, 0.25) is 0 Å². The van der Waals surface area contributed by atoms with Crippen molar-refractivity contribution in [3.8, 4) is 5.75 Å². The Morgan fingerprint density at radius 1 is 1.19 bits per heavy atom. The number of alkyl halides is 3. The van der Waals surface area contributed by atoms with E-state index in [1.54, 1.807) is 0 Å². The third-order valence-corrected chi connectivity index (χ3v) is 5.19. The Kier molecular flexibility index (Phi) is 5.52. The predicted octanol–water partition coefficient (Wildman–Crippen LogP) is 3.98. The first-order chi connectivity index (χ1) is 11.9. The number of ether oxygens (including phenoxy) is 1. The zero-order chi connectivity index (χ0) is 19.7. The van der Waals surface area contributed by atoms with Gasteiger partial charge < -0.3 is 9.84 Å². The number of hydrogen-bond acceptors (Lipinski definition) is 4. The third-order valence-electron chi connectivity index (χ3n) is 3.19. The van der Waals surface area contributed by atoms with Crippen LogP contribution in [0.1, 0.15) is 15.9 Å². The molecule has 0 amide bonds. The fourth-order valence-electron chi connectivity index (χ4n) is 2.00. The first kappa shape index (κ1) is 20.0. The maximum atomic E-state index is 12.9. The van der Waals surface area contributed by atoms with Crippen molar-refractivity contribution in [2.24, 2.45) is 0 Å². The van der Waals surface area contributed by atoms with Gasteiger partial charge in [0.25, 0.3) is 10.0 Å². The first-order valence-electron chi connectivity index (χ1n) is 6.76. The van der Waals surface area contributed by atoms with Crippen molar-refractivity contribution < 1.29 is 36.2 Å². The van der Waals surface area contributed by atoms with E-state index in [2.05, 4.69) is 15.9 Å². The molecule has 0 atom stereocenters. The Morgan fingerprint density at radius 3 is 2.35 bits per heavy atom. The lowest BCUT2D eigenvalue weighted by Gasteiger charge is -2.13. The lowest BCUT2D eigenvalue weighted by atomic mass is 10.1. The summed E-state index contributed by atoms with van der Waals surface area (Å²) in [5.41, 5.74) is -2.51. The minimum Gasteiger partial charge on any atom is -0.496 e. The predicted molar refractivity (Wildman–Crippen MR) is 89.9 cm³/mol. The van der Waals surface area contributed by atoms with E-state index in [1.165, 1.54) is 25.3 Å². The summed E-state index contributed by atoms with van der Waals surface area (Å²) in [7, 11) is -2.88. The van der Waals surface area contributed by atoms with Crippen molar-refractivity contribution >= 4 is 37.6 Å². The second kappa shape index (κ2) is 7.16. The third kappa shape index (κ3) is 4.47. The Bertz CT molecular complexity index is 960. The van der Waals surface area contributed by atoms with Crippen molar-refractivity contribution in [2.75, 3.05) is 11.8 Å². The molecule has 0 fully saturated rings. The minimum absolute atomic E-state index is 0.250. The Morgan fingerprint density at radius 2 is 1.85 bits per heavy atom. The van der Waals surface area contributed by atoms with Crippen LogP contribution in [0.4, 0.5) is 18.9 Å². The molecule has 0 radical (unpaired) electrons. The summed E-state index contributed by atoms with van der Waals surface area (Å²) in [5.74, 6) is -1.26. The highest BCUT2D eigenvalue weighted by Gasteiger charge is 2.32. The average molecular weight is 454 g/mol. The van der Waals surface area contributed by atoms with Crippen molar-refractivity contribution in [1.29, 1.82) is 0 Å². The molecule has 0 bridgehead atoms. The van der Waals surface area contributed by atoms with Crippen molar-refractivity contribution in [2.45, 2.75) is 11.1 Å². The van der Waals surface area contributed by atoms with Crippen LogP contribution in [0, 0.1) is 0 Å². The van der Waals surface area contributed by atoms with Gasteiger partial charge in [-0.2, -0.15) is 13.2 Å². The molecule has 0 saturated carbocycles. The van der Waals surface area contributed by atoms with Gasteiger partial charge in [0.2, 0.25) is 0 Å². The van der Waals surface area contributed by atoms with Gasteiger partial charge in [-0.1, -0.05) is 0 Å². The van der Waals surface area contributed by atoms with Crippen LogP contribution in [0.25, 0.3) is 0 Å². The number of carboxylic acids is 1. The molecule has 0 saturated heterocycles. The molecular formula is C15H11BrF3NO5S. The molecule has 2 aromatic carbocycles. The fourth-order valence-corrected chi connectivity index (χ4v) is 3.76. The number of nitrogens with one attached hydrogen (secondary N) is 1. The van der Waals surface area contributed by atoms with Crippen LogP contribution in [-0.4, -0.2) is 26.6 Å². The minimum atomic E-state index is -4.84. The zero-order valence-corrected chi connectivity index (χ0v) is 15.4. The van der Waals surface area contributed by atoms with Crippen LogP contribution >= 0.6 is 15.9 Å². The highest BCUT2D eigenvalue weighted by atomic mass is 79.9. The van der Waals surface area contributed by atoms with Gasteiger partial charge in [0, 0.05) is 0 Å². The Labute approximate surface area is 154 Å². The van der Waals surface area contributed by atoms with Crippen molar-refractivity contribution in [3.63, 3.8) is 0 Å². The van der Waals surface area contributed by atoms with Gasteiger partial charge in [0.1, 0.15) is 5.75 Å². The number of aromatic carboxylic acids is 1. The van der Waals surface area contributed by atoms with Crippen molar-refractivity contribution in [3.05, 3.63) is 52.0 Å². The molecule has 0 aliphatic carbocycles. The number of hydrogen-bond donors (Lipinski definition) is 2. The molecule has 6 nitrogen and oxygen atoms in total. The average Bonchev–Trinajstić information content (AvgIpc) is 2.53. The van der Waals surface area contributed by atoms with E-state index in [4.69, 9.17) is 9.84 Å². The maximum Gasteiger partial charge on any atom is 0.416 e. The summed E-state index contributed by atoms with van der Waals surface area (Å²) < 4.78 is 70.8. The number of carboxylic acid groups (broad SMARTS) is 1. The molecule has 2 aromatic rings. The Balaban J connectivity index is 2.47. The van der Waals surface area contributed by atoms with E-state index in [9.17, 15) is 26.4 Å². The van der Waals surface area contributed by atoms with E-state index in [0.717, 1.165) is 6.07 Å². The summed E-state index contributed by atoms with van der Waals surface area (Å²) in [5, 5.41) is 8.94. The molecule has 0 aliphatic rings. The number of carbonyl (C=O) groups is 1. The van der Waals surface area contributed by atoms with Crippen LogP contribution in [-0.2, 0) is 16.2 Å². The van der Waals surface area contributed by atoms with E-state index in [-0.39, 0.29) is 4.90 Å². The van der Waals surface area contributed by atoms with Crippen LogP contribution in [0.3, 0.4) is 0 Å². The molecule has 26 heavy (non-hydrogen) atoms.